The lowest BCUT2D eigenvalue weighted by atomic mass is 10.0. The molecule has 3 rings (SSSR count). The fourth-order valence-electron chi connectivity index (χ4n) is 3.24. The fraction of sp³-hybridized carbons (Fsp3) is 0.238. The Kier molecular flexibility index (Phi) is 4.88. The Morgan fingerprint density at radius 3 is 2.42 bits per heavy atom. The van der Waals surface area contributed by atoms with Gasteiger partial charge in [-0.3, -0.25) is 14.2 Å². The molecule has 26 heavy (non-hydrogen) atoms. The van der Waals surface area contributed by atoms with E-state index in [4.69, 9.17) is 11.6 Å². The van der Waals surface area contributed by atoms with Crippen molar-refractivity contribution in [1.29, 1.82) is 0 Å². The van der Waals surface area contributed by atoms with Crippen molar-refractivity contribution < 1.29 is 4.79 Å². The van der Waals surface area contributed by atoms with E-state index in [1.54, 1.807) is 18.2 Å². The van der Waals surface area contributed by atoms with Crippen molar-refractivity contribution in [2.75, 3.05) is 5.32 Å². The minimum absolute atomic E-state index is 0.0506. The SMILES string of the molecule is Cc1cc(C)c2c(c1)c(C)cc(=O)n2CC(=O)Nc1ccc(C)c(Cl)c1. The standard InChI is InChI=1S/C21H21ClN2O2/c1-12-7-15(4)21-17(8-12)14(3)9-20(26)24(21)11-19(25)23-16-6-5-13(2)18(22)10-16/h5-10H,11H2,1-4H3,(H,23,25). The summed E-state index contributed by atoms with van der Waals surface area (Å²) >= 11 is 6.11. The summed E-state index contributed by atoms with van der Waals surface area (Å²) in [5.74, 6) is -0.267. The average molecular weight is 369 g/mol. The number of anilines is 1. The number of carbonyl (C=O) groups excluding carboxylic acids is 1. The van der Waals surface area contributed by atoms with Crippen LogP contribution in [-0.4, -0.2) is 10.5 Å². The topological polar surface area (TPSA) is 51.1 Å². The average Bonchev–Trinajstić information content (AvgIpc) is 2.55. The highest BCUT2D eigenvalue weighted by Gasteiger charge is 2.13. The molecule has 0 unspecified atom stereocenters. The van der Waals surface area contributed by atoms with Crippen LogP contribution >= 0.6 is 11.6 Å². The fourth-order valence-corrected chi connectivity index (χ4v) is 3.42. The van der Waals surface area contributed by atoms with Gasteiger partial charge < -0.3 is 5.32 Å². The van der Waals surface area contributed by atoms with E-state index in [1.165, 1.54) is 4.57 Å². The lowest BCUT2D eigenvalue weighted by Crippen LogP contribution is -2.28. The van der Waals surface area contributed by atoms with Crippen LogP contribution in [0.2, 0.25) is 5.02 Å². The Morgan fingerprint density at radius 1 is 1.00 bits per heavy atom. The van der Waals surface area contributed by atoms with Crippen LogP contribution in [0.1, 0.15) is 22.3 Å². The number of benzene rings is 2. The number of rotatable bonds is 3. The molecule has 0 saturated heterocycles. The zero-order valence-electron chi connectivity index (χ0n) is 15.3. The number of nitrogens with one attached hydrogen (secondary N) is 1. The van der Waals surface area contributed by atoms with Crippen molar-refractivity contribution >= 4 is 34.1 Å². The highest BCUT2D eigenvalue weighted by molar-refractivity contribution is 6.31. The maximum absolute atomic E-state index is 12.5. The number of nitrogens with zero attached hydrogens (tertiary/aromatic N) is 1. The van der Waals surface area contributed by atoms with Gasteiger partial charge in [-0.05, 0) is 62.6 Å². The normalized spacial score (nSPS) is 11.0. The van der Waals surface area contributed by atoms with E-state index in [0.717, 1.165) is 33.2 Å². The predicted molar refractivity (Wildman–Crippen MR) is 107 cm³/mol. The van der Waals surface area contributed by atoms with Crippen molar-refractivity contribution in [2.24, 2.45) is 0 Å². The maximum Gasteiger partial charge on any atom is 0.251 e. The molecule has 0 aliphatic rings. The number of hydrogen-bond donors (Lipinski definition) is 1. The summed E-state index contributed by atoms with van der Waals surface area (Å²) in [4.78, 5) is 25.1. The Labute approximate surface area is 157 Å². The highest BCUT2D eigenvalue weighted by Crippen LogP contribution is 2.23. The van der Waals surface area contributed by atoms with Crippen LogP contribution in [0.15, 0.2) is 41.2 Å². The quantitative estimate of drug-likeness (QED) is 0.738. The summed E-state index contributed by atoms with van der Waals surface area (Å²) < 4.78 is 1.53. The molecule has 1 N–H and O–H groups in total. The summed E-state index contributed by atoms with van der Waals surface area (Å²) in [6, 6.07) is 11.0. The molecule has 0 atom stereocenters. The van der Waals surface area contributed by atoms with Gasteiger partial charge in [0.1, 0.15) is 6.54 Å². The highest BCUT2D eigenvalue weighted by atomic mass is 35.5. The van der Waals surface area contributed by atoms with Crippen LogP contribution in [-0.2, 0) is 11.3 Å². The molecule has 1 amide bonds. The van der Waals surface area contributed by atoms with Crippen molar-refractivity contribution in [3.05, 3.63) is 74.0 Å². The van der Waals surface area contributed by atoms with Gasteiger partial charge in [0.2, 0.25) is 5.91 Å². The summed E-state index contributed by atoms with van der Waals surface area (Å²) in [7, 11) is 0. The number of fused-ring (bicyclic) bond motifs is 1. The smallest absolute Gasteiger partial charge is 0.251 e. The largest absolute Gasteiger partial charge is 0.324 e. The molecular formula is C21H21ClN2O2. The van der Waals surface area contributed by atoms with E-state index >= 15 is 0 Å². The number of aryl methyl sites for hydroxylation is 4. The first-order valence-electron chi connectivity index (χ1n) is 8.43. The second-order valence-electron chi connectivity index (χ2n) is 6.74. The zero-order chi connectivity index (χ0) is 19.0. The van der Waals surface area contributed by atoms with Gasteiger partial charge in [0.05, 0.1) is 5.52 Å². The molecule has 3 aromatic rings. The molecule has 0 saturated carbocycles. The first-order chi connectivity index (χ1) is 12.3. The van der Waals surface area contributed by atoms with Crippen molar-refractivity contribution in [1.82, 2.24) is 4.57 Å². The third-order valence-electron chi connectivity index (χ3n) is 4.50. The van der Waals surface area contributed by atoms with Gasteiger partial charge in [0, 0.05) is 22.2 Å². The first kappa shape index (κ1) is 18.2. The van der Waals surface area contributed by atoms with Crippen LogP contribution in [0.25, 0.3) is 10.9 Å². The molecule has 0 spiro atoms. The molecule has 0 radical (unpaired) electrons. The molecule has 1 heterocycles. The third-order valence-corrected chi connectivity index (χ3v) is 4.91. The van der Waals surface area contributed by atoms with Crippen molar-refractivity contribution in [3.8, 4) is 0 Å². The van der Waals surface area contributed by atoms with E-state index in [-0.39, 0.29) is 18.0 Å². The van der Waals surface area contributed by atoms with Gasteiger partial charge in [0.25, 0.3) is 5.56 Å². The molecule has 0 aliphatic carbocycles. The van der Waals surface area contributed by atoms with Gasteiger partial charge in [-0.1, -0.05) is 29.3 Å². The number of hydrogen-bond acceptors (Lipinski definition) is 2. The monoisotopic (exact) mass is 368 g/mol. The minimum Gasteiger partial charge on any atom is -0.324 e. The number of pyridine rings is 1. The molecule has 5 heteroatoms. The molecule has 0 aliphatic heterocycles. The molecular weight excluding hydrogens is 348 g/mol. The summed E-state index contributed by atoms with van der Waals surface area (Å²) in [5, 5.41) is 4.40. The molecule has 1 aromatic heterocycles. The zero-order valence-corrected chi connectivity index (χ0v) is 16.1. The summed E-state index contributed by atoms with van der Waals surface area (Å²) in [5.41, 5.74) is 5.20. The van der Waals surface area contributed by atoms with Gasteiger partial charge in [0.15, 0.2) is 0 Å². The van der Waals surface area contributed by atoms with E-state index in [1.807, 2.05) is 45.9 Å². The van der Waals surface area contributed by atoms with E-state index in [9.17, 15) is 9.59 Å². The van der Waals surface area contributed by atoms with Crippen molar-refractivity contribution in [2.45, 2.75) is 34.2 Å². The van der Waals surface area contributed by atoms with Crippen LogP contribution in [0.3, 0.4) is 0 Å². The molecule has 0 bridgehead atoms. The molecule has 134 valence electrons. The maximum atomic E-state index is 12.5. The minimum atomic E-state index is -0.267. The second-order valence-corrected chi connectivity index (χ2v) is 7.15. The van der Waals surface area contributed by atoms with Gasteiger partial charge >= 0.3 is 0 Å². The number of carbonyl (C=O) groups is 1. The van der Waals surface area contributed by atoms with Crippen LogP contribution in [0.4, 0.5) is 5.69 Å². The first-order valence-corrected chi connectivity index (χ1v) is 8.81. The Hall–Kier alpha value is -2.59. The Morgan fingerprint density at radius 2 is 1.73 bits per heavy atom. The lowest BCUT2D eigenvalue weighted by Gasteiger charge is -2.15. The molecule has 4 nitrogen and oxygen atoms in total. The second kappa shape index (κ2) is 6.96. The van der Waals surface area contributed by atoms with E-state index in [2.05, 4.69) is 5.32 Å². The number of amides is 1. The summed E-state index contributed by atoms with van der Waals surface area (Å²) in [6.07, 6.45) is 0. The summed E-state index contributed by atoms with van der Waals surface area (Å²) in [6.45, 7) is 7.75. The van der Waals surface area contributed by atoms with Gasteiger partial charge in [-0.2, -0.15) is 0 Å². The van der Waals surface area contributed by atoms with Crippen LogP contribution in [0.5, 0.6) is 0 Å². The van der Waals surface area contributed by atoms with Crippen LogP contribution in [0, 0.1) is 27.7 Å². The Bertz CT molecular complexity index is 1080. The van der Waals surface area contributed by atoms with Crippen LogP contribution < -0.4 is 10.9 Å². The van der Waals surface area contributed by atoms with E-state index in [0.29, 0.717) is 10.7 Å². The number of halogens is 1. The van der Waals surface area contributed by atoms with Crippen molar-refractivity contribution in [3.63, 3.8) is 0 Å². The van der Waals surface area contributed by atoms with Gasteiger partial charge in [-0.15, -0.1) is 0 Å². The van der Waals surface area contributed by atoms with Gasteiger partial charge in [-0.25, -0.2) is 0 Å². The third kappa shape index (κ3) is 3.51. The Balaban J connectivity index is 1.99. The van der Waals surface area contributed by atoms with E-state index < -0.39 is 0 Å². The number of aromatic nitrogens is 1. The molecule has 2 aromatic carbocycles. The predicted octanol–water partition coefficient (Wildman–Crippen LogP) is 4.53. The lowest BCUT2D eigenvalue weighted by molar-refractivity contribution is -0.116. The molecule has 0 fully saturated rings.